The molecule has 0 radical (unpaired) electrons. The van der Waals surface area contributed by atoms with E-state index < -0.39 is 11.8 Å². The van der Waals surface area contributed by atoms with Gasteiger partial charge in [-0.15, -0.1) is 0 Å². The summed E-state index contributed by atoms with van der Waals surface area (Å²) in [7, 11) is 1.54. The summed E-state index contributed by atoms with van der Waals surface area (Å²) in [5.41, 5.74) is 0. The zero-order valence-electron chi connectivity index (χ0n) is 9.81. The molecule has 0 saturated carbocycles. The van der Waals surface area contributed by atoms with Gasteiger partial charge in [-0.05, 0) is 12.8 Å². The summed E-state index contributed by atoms with van der Waals surface area (Å²) in [5.74, 6) is -0.950. The highest BCUT2D eigenvalue weighted by atomic mass is 16.3. The van der Waals surface area contributed by atoms with Crippen molar-refractivity contribution in [2.24, 2.45) is 0 Å². The molecule has 0 aliphatic carbocycles. The lowest BCUT2D eigenvalue weighted by atomic mass is 10.2. The Bertz CT molecular complexity index is 248. The van der Waals surface area contributed by atoms with Crippen LogP contribution in [0.4, 0.5) is 0 Å². The molecule has 1 rings (SSSR count). The number of likely N-dealkylation sites (N-methyl/N-ethyl adjacent to an activating group) is 1. The molecule has 2 amide bonds. The van der Waals surface area contributed by atoms with Crippen LogP contribution in [-0.2, 0) is 9.59 Å². The summed E-state index contributed by atoms with van der Waals surface area (Å²) >= 11 is 0. The van der Waals surface area contributed by atoms with Crippen LogP contribution < -0.4 is 0 Å². The Kier molecular flexibility index (Phi) is 5.25. The quantitative estimate of drug-likeness (QED) is 0.668. The van der Waals surface area contributed by atoms with Crippen molar-refractivity contribution < 1.29 is 14.7 Å². The van der Waals surface area contributed by atoms with Gasteiger partial charge in [0.05, 0.1) is 6.61 Å². The summed E-state index contributed by atoms with van der Waals surface area (Å²) in [6.45, 7) is 1.45. The molecule has 0 aromatic heterocycles. The number of likely N-dealkylation sites (tertiary alicyclic amines) is 1. The van der Waals surface area contributed by atoms with Gasteiger partial charge in [-0.3, -0.25) is 9.59 Å². The minimum absolute atomic E-state index is 0.116. The molecule has 1 aliphatic rings. The van der Waals surface area contributed by atoms with Gasteiger partial charge < -0.3 is 14.9 Å². The molecule has 16 heavy (non-hydrogen) atoms. The predicted molar refractivity (Wildman–Crippen MR) is 59.8 cm³/mol. The molecule has 5 heteroatoms. The van der Waals surface area contributed by atoms with Crippen LogP contribution in [0.5, 0.6) is 0 Å². The maximum Gasteiger partial charge on any atom is 0.312 e. The van der Waals surface area contributed by atoms with E-state index in [9.17, 15) is 9.59 Å². The van der Waals surface area contributed by atoms with Crippen molar-refractivity contribution in [3.05, 3.63) is 0 Å². The zero-order chi connectivity index (χ0) is 12.0. The van der Waals surface area contributed by atoms with Crippen LogP contribution in [0, 0.1) is 0 Å². The van der Waals surface area contributed by atoms with E-state index in [0.717, 1.165) is 25.7 Å². The Labute approximate surface area is 96.0 Å². The smallest absolute Gasteiger partial charge is 0.312 e. The second-order valence-corrected chi connectivity index (χ2v) is 4.16. The lowest BCUT2D eigenvalue weighted by Gasteiger charge is -2.22. The molecule has 0 spiro atoms. The number of aliphatic hydroxyl groups excluding tert-OH is 1. The minimum atomic E-state index is -0.518. The normalized spacial score (nSPS) is 16.8. The lowest BCUT2D eigenvalue weighted by molar-refractivity contribution is -0.151. The summed E-state index contributed by atoms with van der Waals surface area (Å²) in [5, 5.41) is 8.70. The third kappa shape index (κ3) is 3.48. The van der Waals surface area contributed by atoms with Crippen molar-refractivity contribution in [3.63, 3.8) is 0 Å². The highest BCUT2D eigenvalue weighted by Crippen LogP contribution is 2.10. The molecule has 0 aromatic carbocycles. The maximum absolute atomic E-state index is 11.8. The Hall–Kier alpha value is -1.10. The molecule has 0 atom stereocenters. The van der Waals surface area contributed by atoms with Crippen LogP contribution in [0.25, 0.3) is 0 Å². The number of aliphatic hydroxyl groups is 1. The topological polar surface area (TPSA) is 60.9 Å². The van der Waals surface area contributed by atoms with E-state index in [0.29, 0.717) is 13.1 Å². The first-order chi connectivity index (χ1) is 7.66. The van der Waals surface area contributed by atoms with E-state index in [1.165, 1.54) is 11.9 Å². The van der Waals surface area contributed by atoms with Gasteiger partial charge in [0.15, 0.2) is 0 Å². The third-order valence-electron chi connectivity index (χ3n) is 2.86. The number of carbonyl (C=O) groups excluding carboxylic acids is 2. The van der Waals surface area contributed by atoms with Crippen molar-refractivity contribution in [1.29, 1.82) is 0 Å². The fraction of sp³-hybridized carbons (Fsp3) is 0.818. The lowest BCUT2D eigenvalue weighted by Crippen LogP contribution is -2.44. The van der Waals surface area contributed by atoms with Crippen molar-refractivity contribution in [1.82, 2.24) is 9.80 Å². The minimum Gasteiger partial charge on any atom is -0.395 e. The fourth-order valence-corrected chi connectivity index (χ4v) is 1.82. The molecule has 1 heterocycles. The number of amides is 2. The highest BCUT2D eigenvalue weighted by Gasteiger charge is 2.24. The van der Waals surface area contributed by atoms with E-state index in [1.54, 1.807) is 4.90 Å². The Morgan fingerprint density at radius 2 is 1.75 bits per heavy atom. The van der Waals surface area contributed by atoms with Crippen LogP contribution in [-0.4, -0.2) is 60.0 Å². The summed E-state index contributed by atoms with van der Waals surface area (Å²) in [6, 6.07) is 0. The van der Waals surface area contributed by atoms with E-state index in [-0.39, 0.29) is 13.2 Å². The SMILES string of the molecule is CN(CCO)C(=O)C(=O)N1CCCCCC1. The molecule has 1 N–H and O–H groups in total. The van der Waals surface area contributed by atoms with Crippen molar-refractivity contribution in [3.8, 4) is 0 Å². The molecule has 0 bridgehead atoms. The van der Waals surface area contributed by atoms with Gasteiger partial charge in [-0.1, -0.05) is 12.8 Å². The van der Waals surface area contributed by atoms with Crippen LogP contribution in [0.15, 0.2) is 0 Å². The van der Waals surface area contributed by atoms with Crippen molar-refractivity contribution in [2.75, 3.05) is 33.3 Å². The number of hydrogen-bond donors (Lipinski definition) is 1. The number of hydrogen-bond acceptors (Lipinski definition) is 3. The van der Waals surface area contributed by atoms with Gasteiger partial charge >= 0.3 is 11.8 Å². The molecule has 92 valence electrons. The molecule has 1 aliphatic heterocycles. The predicted octanol–water partition coefficient (Wildman–Crippen LogP) is -0.160. The Morgan fingerprint density at radius 1 is 1.19 bits per heavy atom. The average molecular weight is 228 g/mol. The number of carbonyl (C=O) groups is 2. The molecule has 1 fully saturated rings. The molecule has 0 unspecified atom stereocenters. The van der Waals surface area contributed by atoms with Gasteiger partial charge in [0, 0.05) is 26.7 Å². The van der Waals surface area contributed by atoms with Crippen LogP contribution >= 0.6 is 0 Å². The van der Waals surface area contributed by atoms with E-state index in [2.05, 4.69) is 0 Å². The first-order valence-electron chi connectivity index (χ1n) is 5.82. The van der Waals surface area contributed by atoms with Gasteiger partial charge in [0.2, 0.25) is 0 Å². The second-order valence-electron chi connectivity index (χ2n) is 4.16. The van der Waals surface area contributed by atoms with E-state index in [4.69, 9.17) is 5.11 Å². The monoisotopic (exact) mass is 228 g/mol. The van der Waals surface area contributed by atoms with Gasteiger partial charge in [-0.25, -0.2) is 0 Å². The molecular formula is C11H20N2O3. The Morgan fingerprint density at radius 3 is 2.25 bits per heavy atom. The van der Waals surface area contributed by atoms with Crippen LogP contribution in [0.2, 0.25) is 0 Å². The van der Waals surface area contributed by atoms with Gasteiger partial charge in [-0.2, -0.15) is 0 Å². The largest absolute Gasteiger partial charge is 0.395 e. The molecule has 0 aromatic rings. The van der Waals surface area contributed by atoms with Gasteiger partial charge in [0.1, 0.15) is 0 Å². The summed E-state index contributed by atoms with van der Waals surface area (Å²) in [4.78, 5) is 26.4. The zero-order valence-corrected chi connectivity index (χ0v) is 9.81. The van der Waals surface area contributed by atoms with E-state index in [1.807, 2.05) is 0 Å². The maximum atomic E-state index is 11.8. The summed E-state index contributed by atoms with van der Waals surface area (Å²) < 4.78 is 0. The molecule has 1 saturated heterocycles. The third-order valence-corrected chi connectivity index (χ3v) is 2.86. The first-order valence-corrected chi connectivity index (χ1v) is 5.82. The number of rotatable bonds is 2. The van der Waals surface area contributed by atoms with Crippen molar-refractivity contribution in [2.45, 2.75) is 25.7 Å². The average Bonchev–Trinajstić information content (AvgIpc) is 2.56. The first kappa shape index (κ1) is 13.0. The number of nitrogens with zero attached hydrogens (tertiary/aromatic N) is 2. The Balaban J connectivity index is 2.51. The second kappa shape index (κ2) is 6.48. The molecular weight excluding hydrogens is 208 g/mol. The fourth-order valence-electron chi connectivity index (χ4n) is 1.82. The standard InChI is InChI=1S/C11H20N2O3/c1-12(8-9-14)10(15)11(16)13-6-4-2-3-5-7-13/h14H,2-9H2,1H3. The van der Waals surface area contributed by atoms with Crippen LogP contribution in [0.3, 0.4) is 0 Å². The highest BCUT2D eigenvalue weighted by molar-refractivity contribution is 6.34. The van der Waals surface area contributed by atoms with E-state index >= 15 is 0 Å². The molecule has 5 nitrogen and oxygen atoms in total. The van der Waals surface area contributed by atoms with Crippen molar-refractivity contribution >= 4 is 11.8 Å². The van der Waals surface area contributed by atoms with Crippen LogP contribution in [0.1, 0.15) is 25.7 Å². The summed E-state index contributed by atoms with van der Waals surface area (Å²) in [6.07, 6.45) is 4.21. The van der Waals surface area contributed by atoms with Gasteiger partial charge in [0.25, 0.3) is 0 Å².